The second-order valence-corrected chi connectivity index (χ2v) is 6.04. The van der Waals surface area contributed by atoms with Gasteiger partial charge in [0.2, 0.25) is 0 Å². The number of aliphatic hydroxyl groups excluding tert-OH is 1. The Labute approximate surface area is 129 Å². The van der Waals surface area contributed by atoms with E-state index in [2.05, 4.69) is 9.88 Å². The molecule has 120 valence electrons. The first-order valence-electron chi connectivity index (χ1n) is 7.89. The number of carboxylic acid groups (broad SMARTS) is 1. The van der Waals surface area contributed by atoms with Gasteiger partial charge in [0.05, 0.1) is 25.4 Å². The van der Waals surface area contributed by atoms with Crippen molar-refractivity contribution in [2.24, 2.45) is 5.92 Å². The number of carbonyl (C=O) groups is 1. The number of aromatic nitrogens is 1. The molecule has 1 aliphatic carbocycles. The molecule has 2 fully saturated rings. The van der Waals surface area contributed by atoms with Gasteiger partial charge in [-0.1, -0.05) is 18.9 Å². The Bertz CT molecular complexity index is 537. The standard InChI is InChI=1S/C16H22N2O4/c19-14-6-2-1-4-11(14)13-10-22-9-8-18(13)15-7-3-5-12(17-15)16(20)21/h3,5,7,11,13-14,19H,1-2,4,6,8-10H2,(H,20,21). The second-order valence-electron chi connectivity index (χ2n) is 6.04. The zero-order valence-corrected chi connectivity index (χ0v) is 12.5. The van der Waals surface area contributed by atoms with Crippen LogP contribution in [0.25, 0.3) is 0 Å². The number of hydrogen-bond acceptors (Lipinski definition) is 5. The molecule has 1 saturated heterocycles. The summed E-state index contributed by atoms with van der Waals surface area (Å²) in [5.74, 6) is -0.209. The number of aromatic carboxylic acids is 1. The van der Waals surface area contributed by atoms with E-state index in [0.717, 1.165) is 25.7 Å². The molecule has 1 aliphatic heterocycles. The zero-order valence-electron chi connectivity index (χ0n) is 12.5. The lowest BCUT2D eigenvalue weighted by atomic mass is 9.80. The molecule has 6 heteroatoms. The summed E-state index contributed by atoms with van der Waals surface area (Å²) in [6.45, 7) is 1.82. The van der Waals surface area contributed by atoms with E-state index in [1.165, 1.54) is 6.07 Å². The Hall–Kier alpha value is -1.66. The average Bonchev–Trinajstić information content (AvgIpc) is 2.55. The van der Waals surface area contributed by atoms with Crippen LogP contribution in [0.5, 0.6) is 0 Å². The Morgan fingerprint density at radius 2 is 2.14 bits per heavy atom. The van der Waals surface area contributed by atoms with Crippen molar-refractivity contribution in [3.8, 4) is 0 Å². The minimum Gasteiger partial charge on any atom is -0.477 e. The van der Waals surface area contributed by atoms with Crippen LogP contribution in [0, 0.1) is 5.92 Å². The zero-order chi connectivity index (χ0) is 15.5. The van der Waals surface area contributed by atoms with Crippen LogP contribution in [0.15, 0.2) is 18.2 Å². The van der Waals surface area contributed by atoms with Crippen LogP contribution in [0.2, 0.25) is 0 Å². The number of hydrogen-bond donors (Lipinski definition) is 2. The van der Waals surface area contributed by atoms with E-state index in [0.29, 0.717) is 25.6 Å². The summed E-state index contributed by atoms with van der Waals surface area (Å²) in [5.41, 5.74) is 0.0481. The number of nitrogens with zero attached hydrogens (tertiary/aromatic N) is 2. The predicted molar refractivity (Wildman–Crippen MR) is 81.1 cm³/mol. The minimum absolute atomic E-state index is 0.0481. The van der Waals surface area contributed by atoms with Gasteiger partial charge in [-0.15, -0.1) is 0 Å². The lowest BCUT2D eigenvalue weighted by Crippen LogP contribution is -2.53. The molecule has 3 atom stereocenters. The first-order chi connectivity index (χ1) is 10.7. The van der Waals surface area contributed by atoms with E-state index in [9.17, 15) is 9.90 Å². The predicted octanol–water partition coefficient (Wildman–Crippen LogP) is 1.54. The lowest BCUT2D eigenvalue weighted by molar-refractivity contribution is 0.00838. The highest BCUT2D eigenvalue weighted by atomic mass is 16.5. The van der Waals surface area contributed by atoms with Gasteiger partial charge < -0.3 is 19.8 Å². The summed E-state index contributed by atoms with van der Waals surface area (Å²) < 4.78 is 5.62. The summed E-state index contributed by atoms with van der Waals surface area (Å²) >= 11 is 0. The number of ether oxygens (including phenoxy) is 1. The average molecular weight is 306 g/mol. The number of morpholine rings is 1. The number of carboxylic acids is 1. The highest BCUT2D eigenvalue weighted by molar-refractivity contribution is 5.85. The second kappa shape index (κ2) is 6.62. The maximum Gasteiger partial charge on any atom is 0.354 e. The van der Waals surface area contributed by atoms with Crippen molar-refractivity contribution < 1.29 is 19.7 Å². The molecule has 0 aromatic carbocycles. The van der Waals surface area contributed by atoms with E-state index < -0.39 is 5.97 Å². The van der Waals surface area contributed by atoms with Crippen LogP contribution in [-0.2, 0) is 4.74 Å². The van der Waals surface area contributed by atoms with Crippen molar-refractivity contribution in [3.05, 3.63) is 23.9 Å². The fourth-order valence-corrected chi connectivity index (χ4v) is 3.55. The molecule has 0 radical (unpaired) electrons. The van der Waals surface area contributed by atoms with Gasteiger partial charge in [0.25, 0.3) is 0 Å². The number of aliphatic hydroxyl groups is 1. The highest BCUT2D eigenvalue weighted by Gasteiger charge is 2.36. The fourth-order valence-electron chi connectivity index (χ4n) is 3.55. The lowest BCUT2D eigenvalue weighted by Gasteiger charge is -2.44. The van der Waals surface area contributed by atoms with E-state index in [4.69, 9.17) is 9.84 Å². The molecule has 3 unspecified atom stereocenters. The first-order valence-corrected chi connectivity index (χ1v) is 7.89. The first kappa shape index (κ1) is 15.2. The SMILES string of the molecule is O=C(O)c1cccc(N2CCOCC2C2CCCCC2O)n1. The number of pyridine rings is 1. The Morgan fingerprint density at radius 3 is 2.91 bits per heavy atom. The van der Waals surface area contributed by atoms with E-state index in [1.807, 2.05) is 6.07 Å². The van der Waals surface area contributed by atoms with E-state index in [1.54, 1.807) is 6.07 Å². The van der Waals surface area contributed by atoms with Crippen molar-refractivity contribution in [2.75, 3.05) is 24.7 Å². The quantitative estimate of drug-likeness (QED) is 0.881. The third kappa shape index (κ3) is 3.08. The molecule has 1 saturated carbocycles. The Kier molecular flexibility index (Phi) is 4.59. The van der Waals surface area contributed by atoms with Crippen LogP contribution < -0.4 is 4.90 Å². The van der Waals surface area contributed by atoms with Gasteiger partial charge in [-0.05, 0) is 25.0 Å². The van der Waals surface area contributed by atoms with Crippen molar-refractivity contribution in [1.29, 1.82) is 0 Å². The molecular formula is C16H22N2O4. The Morgan fingerprint density at radius 1 is 1.32 bits per heavy atom. The third-order valence-electron chi connectivity index (χ3n) is 4.69. The van der Waals surface area contributed by atoms with Crippen LogP contribution >= 0.6 is 0 Å². The number of rotatable bonds is 3. The normalized spacial score (nSPS) is 29.3. The third-order valence-corrected chi connectivity index (χ3v) is 4.69. The molecular weight excluding hydrogens is 284 g/mol. The summed E-state index contributed by atoms with van der Waals surface area (Å²) in [5, 5.41) is 19.5. The molecule has 22 heavy (non-hydrogen) atoms. The van der Waals surface area contributed by atoms with E-state index in [-0.39, 0.29) is 23.8 Å². The van der Waals surface area contributed by atoms with Crippen LogP contribution in [0.1, 0.15) is 36.2 Å². The summed E-state index contributed by atoms with van der Waals surface area (Å²) in [7, 11) is 0. The highest BCUT2D eigenvalue weighted by Crippen LogP contribution is 2.32. The molecule has 1 aromatic rings. The fraction of sp³-hybridized carbons (Fsp3) is 0.625. The maximum atomic E-state index is 11.1. The summed E-state index contributed by atoms with van der Waals surface area (Å²) in [4.78, 5) is 17.5. The van der Waals surface area contributed by atoms with Gasteiger partial charge in [0.15, 0.2) is 5.69 Å². The van der Waals surface area contributed by atoms with Gasteiger partial charge in [0, 0.05) is 12.5 Å². The molecule has 6 nitrogen and oxygen atoms in total. The molecule has 1 aromatic heterocycles. The molecule has 0 amide bonds. The van der Waals surface area contributed by atoms with Gasteiger partial charge in [0.1, 0.15) is 5.82 Å². The monoisotopic (exact) mass is 306 g/mol. The van der Waals surface area contributed by atoms with Crippen molar-refractivity contribution in [3.63, 3.8) is 0 Å². The van der Waals surface area contributed by atoms with Crippen LogP contribution in [0.3, 0.4) is 0 Å². The molecule has 2 heterocycles. The molecule has 2 N–H and O–H groups in total. The summed E-state index contributed by atoms with van der Waals surface area (Å²) in [6, 6.07) is 5.10. The van der Waals surface area contributed by atoms with Crippen LogP contribution in [-0.4, -0.2) is 53.1 Å². The molecule has 0 bridgehead atoms. The molecule has 0 spiro atoms. The van der Waals surface area contributed by atoms with Crippen molar-refractivity contribution in [2.45, 2.75) is 37.8 Å². The van der Waals surface area contributed by atoms with E-state index >= 15 is 0 Å². The topological polar surface area (TPSA) is 82.9 Å². The van der Waals surface area contributed by atoms with Crippen molar-refractivity contribution in [1.82, 2.24) is 4.98 Å². The number of anilines is 1. The van der Waals surface area contributed by atoms with Gasteiger partial charge in [-0.3, -0.25) is 0 Å². The van der Waals surface area contributed by atoms with Crippen LogP contribution in [0.4, 0.5) is 5.82 Å². The molecule has 3 rings (SSSR count). The van der Waals surface area contributed by atoms with Gasteiger partial charge >= 0.3 is 5.97 Å². The maximum absolute atomic E-state index is 11.1. The molecule has 2 aliphatic rings. The van der Waals surface area contributed by atoms with Gasteiger partial charge in [-0.2, -0.15) is 0 Å². The summed E-state index contributed by atoms with van der Waals surface area (Å²) in [6.07, 6.45) is 3.68. The Balaban J connectivity index is 1.86. The largest absolute Gasteiger partial charge is 0.477 e. The van der Waals surface area contributed by atoms with Gasteiger partial charge in [-0.25, -0.2) is 9.78 Å². The smallest absolute Gasteiger partial charge is 0.354 e. The van der Waals surface area contributed by atoms with Crippen molar-refractivity contribution >= 4 is 11.8 Å². The minimum atomic E-state index is -1.02.